The van der Waals surface area contributed by atoms with Gasteiger partial charge < -0.3 is 15.6 Å². The topological polar surface area (TPSA) is 89.6 Å². The summed E-state index contributed by atoms with van der Waals surface area (Å²) in [5.41, 5.74) is 5.75. The molecule has 1 saturated heterocycles. The number of ether oxygens (including phenoxy) is 1. The molecule has 0 radical (unpaired) electrons. The molecule has 1 fully saturated rings. The van der Waals surface area contributed by atoms with Crippen LogP contribution in [-0.4, -0.2) is 45.8 Å². The Kier molecular flexibility index (Phi) is 4.77. The maximum atomic E-state index is 12.9. The van der Waals surface area contributed by atoms with Crippen LogP contribution >= 0.6 is 0 Å². The second kappa shape index (κ2) is 6.29. The Labute approximate surface area is 136 Å². The second-order valence-corrected chi connectivity index (χ2v) is 7.07. The fraction of sp³-hybridized carbons (Fsp3) is 0.529. The van der Waals surface area contributed by atoms with E-state index in [2.05, 4.69) is 0 Å². The van der Waals surface area contributed by atoms with E-state index in [4.69, 9.17) is 10.5 Å². The molecular weight excluding hydrogens is 296 g/mol. The number of nitrogens with zero attached hydrogens (tertiary/aromatic N) is 1. The van der Waals surface area contributed by atoms with E-state index >= 15 is 0 Å². The molecule has 0 bridgehead atoms. The molecule has 1 aliphatic rings. The molecule has 23 heavy (non-hydrogen) atoms. The molecule has 0 aliphatic carbocycles. The van der Waals surface area contributed by atoms with Gasteiger partial charge in [-0.2, -0.15) is 4.79 Å². The van der Waals surface area contributed by atoms with Gasteiger partial charge in [0.25, 0.3) is 5.91 Å². The molecule has 1 unspecified atom stereocenters. The van der Waals surface area contributed by atoms with E-state index in [0.29, 0.717) is 0 Å². The summed E-state index contributed by atoms with van der Waals surface area (Å²) in [7, 11) is 0. The molecule has 0 saturated carbocycles. The second-order valence-electron chi connectivity index (χ2n) is 7.07. The molecule has 0 aromatic heterocycles. The first-order chi connectivity index (χ1) is 10.7. The highest BCUT2D eigenvalue weighted by Gasteiger charge is 2.62. The summed E-state index contributed by atoms with van der Waals surface area (Å²) in [5, 5.41) is 10.1. The Morgan fingerprint density at radius 2 is 1.91 bits per heavy atom. The van der Waals surface area contributed by atoms with Crippen LogP contribution in [0.5, 0.6) is 0 Å². The lowest BCUT2D eigenvalue weighted by atomic mass is 9.99. The summed E-state index contributed by atoms with van der Waals surface area (Å²) in [6.45, 7) is 5.81. The van der Waals surface area contributed by atoms with Crippen molar-refractivity contribution < 1.29 is 23.9 Å². The van der Waals surface area contributed by atoms with Crippen molar-refractivity contribution in [3.63, 3.8) is 0 Å². The van der Waals surface area contributed by atoms with Crippen molar-refractivity contribution in [1.29, 1.82) is 0 Å². The quantitative estimate of drug-likeness (QED) is 0.827. The number of carbonyl (C=O) groups is 2. The largest absolute Gasteiger partial charge is 0.517 e. The Morgan fingerprint density at radius 1 is 1.30 bits per heavy atom. The predicted molar refractivity (Wildman–Crippen MR) is 85.1 cm³/mol. The predicted octanol–water partition coefficient (Wildman–Crippen LogP) is 1.56. The lowest BCUT2D eigenvalue weighted by molar-refractivity contribution is -0.907. The van der Waals surface area contributed by atoms with Crippen LogP contribution < -0.4 is 5.73 Å². The summed E-state index contributed by atoms with van der Waals surface area (Å²) in [6, 6.07) is 8.55. The molecule has 126 valence electrons. The molecule has 3 atom stereocenters. The Bertz CT molecular complexity index is 582. The zero-order chi connectivity index (χ0) is 17.3. The fourth-order valence-corrected chi connectivity index (χ4v) is 3.36. The van der Waals surface area contributed by atoms with Gasteiger partial charge >= 0.3 is 6.09 Å². The summed E-state index contributed by atoms with van der Waals surface area (Å²) in [4.78, 5) is 24.8. The van der Waals surface area contributed by atoms with Crippen LogP contribution in [0.2, 0.25) is 0 Å². The first-order valence-corrected chi connectivity index (χ1v) is 7.75. The van der Waals surface area contributed by atoms with E-state index in [-0.39, 0.29) is 24.1 Å². The molecule has 2 amide bonds. The van der Waals surface area contributed by atoms with Crippen molar-refractivity contribution in [1.82, 2.24) is 0 Å². The van der Waals surface area contributed by atoms with E-state index in [1.54, 1.807) is 0 Å². The minimum atomic E-state index is -0.784. The first-order valence-electron chi connectivity index (χ1n) is 7.75. The molecule has 2 rings (SSSR count). The van der Waals surface area contributed by atoms with Gasteiger partial charge in [0, 0.05) is 6.42 Å². The van der Waals surface area contributed by atoms with Crippen molar-refractivity contribution in [2.75, 3.05) is 6.54 Å². The van der Waals surface area contributed by atoms with Crippen LogP contribution in [0.4, 0.5) is 4.79 Å². The highest BCUT2D eigenvalue weighted by atomic mass is 16.6. The fourth-order valence-electron chi connectivity index (χ4n) is 3.36. The van der Waals surface area contributed by atoms with Gasteiger partial charge in [-0.05, 0) is 26.3 Å². The molecule has 0 spiro atoms. The molecule has 3 N–H and O–H groups in total. The van der Waals surface area contributed by atoms with Gasteiger partial charge in [0.2, 0.25) is 0 Å². The summed E-state index contributed by atoms with van der Waals surface area (Å²) >= 11 is 0. The zero-order valence-electron chi connectivity index (χ0n) is 13.9. The van der Waals surface area contributed by atoms with Crippen molar-refractivity contribution in [3.05, 3.63) is 35.9 Å². The number of aliphatic hydroxyl groups is 1. The lowest BCUT2D eigenvalue weighted by Crippen LogP contribution is -2.69. The van der Waals surface area contributed by atoms with Gasteiger partial charge in [-0.25, -0.2) is 4.48 Å². The Morgan fingerprint density at radius 3 is 2.43 bits per heavy atom. The van der Waals surface area contributed by atoms with Crippen LogP contribution in [0.3, 0.4) is 0 Å². The normalized spacial score (nSPS) is 27.7. The average molecular weight is 321 g/mol. The standard InChI is InChI=1S/C17H24N2O4/c1-17(2,3)19(10-13(20)9-14(19)15(18)21)16(22)23-11-12-7-5-4-6-8-12/h4-8,13-14,20H,9-11H2,1-3H3,(H-,18,21)/p+1/t13-,14-,19?/m0/s1. The van der Waals surface area contributed by atoms with Crippen molar-refractivity contribution in [2.24, 2.45) is 5.73 Å². The maximum Gasteiger partial charge on any atom is 0.517 e. The van der Waals surface area contributed by atoms with E-state index in [9.17, 15) is 14.7 Å². The van der Waals surface area contributed by atoms with Crippen LogP contribution in [-0.2, 0) is 16.1 Å². The zero-order valence-corrected chi connectivity index (χ0v) is 13.9. The highest BCUT2D eigenvalue weighted by molar-refractivity contribution is 5.81. The molecule has 6 heteroatoms. The van der Waals surface area contributed by atoms with Gasteiger partial charge in [-0.15, -0.1) is 0 Å². The third kappa shape index (κ3) is 3.23. The lowest BCUT2D eigenvalue weighted by Gasteiger charge is -2.44. The monoisotopic (exact) mass is 321 g/mol. The highest BCUT2D eigenvalue weighted by Crippen LogP contribution is 2.38. The number of hydrogen-bond donors (Lipinski definition) is 2. The summed E-state index contributed by atoms with van der Waals surface area (Å²) in [5.74, 6) is -0.590. The molecule has 1 aromatic rings. The Balaban J connectivity index is 2.28. The number of rotatable bonds is 3. The third-order valence-electron chi connectivity index (χ3n) is 4.58. The van der Waals surface area contributed by atoms with Crippen molar-refractivity contribution in [3.8, 4) is 0 Å². The van der Waals surface area contributed by atoms with Crippen molar-refractivity contribution >= 4 is 12.0 Å². The van der Waals surface area contributed by atoms with E-state index < -0.39 is 29.7 Å². The third-order valence-corrected chi connectivity index (χ3v) is 4.58. The first kappa shape index (κ1) is 17.4. The van der Waals surface area contributed by atoms with Gasteiger partial charge in [-0.3, -0.25) is 4.79 Å². The summed E-state index contributed by atoms with van der Waals surface area (Å²) < 4.78 is 5.20. The number of hydrogen-bond acceptors (Lipinski definition) is 4. The van der Waals surface area contributed by atoms with Crippen LogP contribution in [0.1, 0.15) is 32.8 Å². The smallest absolute Gasteiger partial charge is 0.415 e. The van der Waals surface area contributed by atoms with E-state index in [1.165, 1.54) is 0 Å². The van der Waals surface area contributed by atoms with E-state index in [1.807, 2.05) is 51.1 Å². The van der Waals surface area contributed by atoms with Gasteiger partial charge in [0.15, 0.2) is 6.04 Å². The number of amides is 2. The number of nitrogens with two attached hydrogens (primary N) is 1. The van der Waals surface area contributed by atoms with Gasteiger partial charge in [-0.1, -0.05) is 30.3 Å². The van der Waals surface area contributed by atoms with Gasteiger partial charge in [0.1, 0.15) is 24.8 Å². The summed E-state index contributed by atoms with van der Waals surface area (Å²) in [6.07, 6.45) is -1.11. The molecular formula is C17H25N2O4+. The average Bonchev–Trinajstić information content (AvgIpc) is 2.84. The number of likely N-dealkylation sites (tertiary alicyclic amines) is 1. The molecule has 1 heterocycles. The number of quaternary nitrogens is 1. The molecule has 1 aliphatic heterocycles. The number of carbonyl (C=O) groups excluding carboxylic acids is 2. The number of aliphatic hydroxyl groups excluding tert-OH is 1. The number of benzene rings is 1. The van der Waals surface area contributed by atoms with Crippen molar-refractivity contribution in [2.45, 2.75) is 51.5 Å². The maximum absolute atomic E-state index is 12.9. The van der Waals surface area contributed by atoms with Crippen LogP contribution in [0.15, 0.2) is 30.3 Å². The number of primary amides is 1. The molecule has 1 aromatic carbocycles. The Hall–Kier alpha value is -1.92. The van der Waals surface area contributed by atoms with Crippen LogP contribution in [0.25, 0.3) is 0 Å². The van der Waals surface area contributed by atoms with Gasteiger partial charge in [0.05, 0.1) is 0 Å². The van der Waals surface area contributed by atoms with Crippen LogP contribution in [0, 0.1) is 0 Å². The SMILES string of the molecule is CC(C)(C)[N+]1(C(=O)OCc2ccccc2)C[C@@H](O)C[C@H]1C(N)=O. The van der Waals surface area contributed by atoms with E-state index in [0.717, 1.165) is 5.56 Å². The minimum absolute atomic E-state index is 0.122. The molecule has 6 nitrogen and oxygen atoms in total. The minimum Gasteiger partial charge on any atom is -0.415 e.